The average molecular weight is 1430 g/mol. The van der Waals surface area contributed by atoms with E-state index in [1.165, 1.54) is 28.8 Å². The highest BCUT2D eigenvalue weighted by molar-refractivity contribution is 9.10. The molecule has 0 radical (unpaired) electrons. The molecule has 3 heterocycles. The maximum absolute atomic E-state index is 12.3. The molecule has 99 heavy (non-hydrogen) atoms. The standard InChI is InChI=1S/C23H25BrN4O2.C23H25ClN4O2.C23H26N4O3.3CO2/c2*1-14(25-26-22(30)16-7-6-8-18(24)13-16)19-21(29)20(28(5)27-19)15-9-11-17(12-10-15)23(2,3)4;1-14(24-25-22(30)16-7-6-8-18(28)13-16)19-21(29)20(27(5)26-19)15-9-11-17(12-10-15)23(2,3)4;3*2-1-3/h2*6-13,29H,1-5H3,(H,26,30);6-13,28-29H,1-5H3,(H,25,30);;;/b2*25-14+;24-14+;;;. The molecule has 0 aliphatic carbocycles. The number of hydrogen-bond donors (Lipinski definition) is 7. The Labute approximate surface area is 585 Å². The molecule has 0 bridgehead atoms. The molecule has 27 heteroatoms. The number of aromatic hydroxyl groups is 4. The molecule has 0 aliphatic rings. The van der Waals surface area contributed by atoms with Crippen LogP contribution in [0.2, 0.25) is 5.02 Å². The van der Waals surface area contributed by atoms with Crippen LogP contribution in [0.5, 0.6) is 23.0 Å². The Balaban J connectivity index is 0.000000297. The molecule has 0 unspecified atom stereocenters. The van der Waals surface area contributed by atoms with Gasteiger partial charge < -0.3 is 20.4 Å². The summed E-state index contributed by atoms with van der Waals surface area (Å²) in [6, 6.07) is 43.6. The molecule has 9 rings (SSSR count). The van der Waals surface area contributed by atoms with E-state index in [4.69, 9.17) is 40.4 Å². The molecule has 0 saturated carbocycles. The molecule has 516 valence electrons. The van der Waals surface area contributed by atoms with Gasteiger partial charge in [-0.05, 0) is 108 Å². The third-order valence-corrected chi connectivity index (χ3v) is 15.2. The molecule has 9 aromatic rings. The topological polar surface area (TPSA) is 361 Å². The molecule has 7 N–H and O–H groups in total. The lowest BCUT2D eigenvalue weighted by atomic mass is 9.86. The maximum Gasteiger partial charge on any atom is 0.373 e. The van der Waals surface area contributed by atoms with Crippen LogP contribution in [0.15, 0.2) is 165 Å². The van der Waals surface area contributed by atoms with Gasteiger partial charge in [0.25, 0.3) is 17.7 Å². The van der Waals surface area contributed by atoms with E-state index in [-0.39, 0.29) is 74.9 Å². The number of rotatable bonds is 12. The first-order valence-electron chi connectivity index (χ1n) is 29.9. The van der Waals surface area contributed by atoms with Crippen molar-refractivity contribution in [3.8, 4) is 56.8 Å². The zero-order chi connectivity index (χ0) is 74.3. The lowest BCUT2D eigenvalue weighted by Gasteiger charge is -2.19. The first-order chi connectivity index (χ1) is 46.5. The fraction of sp³-hybridized carbons (Fsp3) is 0.250. The number of halogens is 2. The van der Waals surface area contributed by atoms with Crippen LogP contribution in [0.3, 0.4) is 0 Å². The number of carbonyl (C=O) groups is 3. The van der Waals surface area contributed by atoms with Crippen molar-refractivity contribution in [3.63, 3.8) is 0 Å². The van der Waals surface area contributed by atoms with Crippen molar-refractivity contribution in [1.82, 2.24) is 45.6 Å². The maximum atomic E-state index is 12.3. The van der Waals surface area contributed by atoms with E-state index < -0.39 is 11.8 Å². The van der Waals surface area contributed by atoms with Gasteiger partial charge >= 0.3 is 18.5 Å². The van der Waals surface area contributed by atoms with E-state index >= 15 is 0 Å². The summed E-state index contributed by atoms with van der Waals surface area (Å²) in [6.45, 7) is 24.4. The number of hydrogen-bond acceptors (Lipinski definition) is 19. The van der Waals surface area contributed by atoms with Gasteiger partial charge in [0.05, 0.1) is 17.1 Å². The molecule has 0 aliphatic heterocycles. The zero-order valence-electron chi connectivity index (χ0n) is 57.1. The number of carbonyl (C=O) groups excluding carboxylic acids is 9. The van der Waals surface area contributed by atoms with E-state index in [1.54, 1.807) is 111 Å². The van der Waals surface area contributed by atoms with Crippen molar-refractivity contribution >= 4 is 80.8 Å². The van der Waals surface area contributed by atoms with Crippen LogP contribution in [0.25, 0.3) is 33.8 Å². The number of aromatic nitrogens is 6. The fourth-order valence-electron chi connectivity index (χ4n) is 9.29. The van der Waals surface area contributed by atoms with Gasteiger partial charge in [0, 0.05) is 64.0 Å². The fourth-order valence-corrected chi connectivity index (χ4v) is 9.88. The second kappa shape index (κ2) is 36.0. The van der Waals surface area contributed by atoms with Crippen LogP contribution >= 0.6 is 27.5 Å². The van der Waals surface area contributed by atoms with Crippen molar-refractivity contribution in [3.05, 3.63) is 206 Å². The van der Waals surface area contributed by atoms with Crippen LogP contribution in [0.1, 0.15) is 148 Å². The van der Waals surface area contributed by atoms with Gasteiger partial charge in [-0.15, -0.1) is 0 Å². The van der Waals surface area contributed by atoms with Gasteiger partial charge in [0.2, 0.25) is 0 Å². The lowest BCUT2D eigenvalue weighted by molar-refractivity contribution is -0.193. The normalized spacial score (nSPS) is 11.3. The largest absolute Gasteiger partial charge is 0.508 e. The first-order valence-corrected chi connectivity index (χ1v) is 31.1. The summed E-state index contributed by atoms with van der Waals surface area (Å²) in [5.41, 5.74) is 18.6. The number of benzene rings is 6. The zero-order valence-corrected chi connectivity index (χ0v) is 59.4. The minimum Gasteiger partial charge on any atom is -0.508 e. The van der Waals surface area contributed by atoms with Gasteiger partial charge in [-0.1, -0.05) is 181 Å². The minimum absolute atomic E-state index is 0.00568. The van der Waals surface area contributed by atoms with Gasteiger partial charge in [-0.2, -0.15) is 59.4 Å². The highest BCUT2D eigenvalue weighted by Gasteiger charge is 2.25. The van der Waals surface area contributed by atoms with Crippen LogP contribution in [0.4, 0.5) is 0 Å². The summed E-state index contributed by atoms with van der Waals surface area (Å²) in [5.74, 6) is -1.19. The average Bonchev–Trinajstić information content (AvgIpc) is 1.68. The number of aryl methyl sites for hydroxylation is 3. The molecule has 25 nitrogen and oxygen atoms in total. The van der Waals surface area contributed by atoms with Crippen molar-refractivity contribution < 1.29 is 63.6 Å². The summed E-state index contributed by atoms with van der Waals surface area (Å²) in [7, 11) is 5.27. The molecule has 0 spiro atoms. The molecule has 6 aromatic carbocycles. The summed E-state index contributed by atoms with van der Waals surface area (Å²) >= 11 is 9.26. The van der Waals surface area contributed by atoms with Gasteiger partial charge in [-0.25, -0.2) is 16.3 Å². The number of nitrogens with zero attached hydrogens (tertiary/aromatic N) is 9. The molecule has 0 atom stereocenters. The molecule has 0 fully saturated rings. The van der Waals surface area contributed by atoms with E-state index in [9.17, 15) is 34.8 Å². The summed E-state index contributed by atoms with van der Waals surface area (Å²) in [5, 5.41) is 67.7. The van der Waals surface area contributed by atoms with Crippen molar-refractivity contribution in [1.29, 1.82) is 0 Å². The Morgan fingerprint density at radius 2 is 0.687 bits per heavy atom. The first kappa shape index (κ1) is 79.9. The third kappa shape index (κ3) is 22.5. The minimum atomic E-state index is -0.473. The van der Waals surface area contributed by atoms with Crippen LogP contribution in [-0.4, -0.2) is 103 Å². The SMILES string of the molecule is C/C(=N\NC(=O)c1cccc(Br)c1)c1nn(C)c(-c2ccc(C(C)(C)C)cc2)c1O.C/C(=N\NC(=O)c1cccc(Cl)c1)c1nn(C)c(-c2ccc(C(C)(C)C)cc2)c1O.C/C(=N\NC(=O)c1cccc(O)c1)c1nn(C)c(-c2ccc(C(C)(C)C)cc2)c1O.O=C=O.O=C=O.O=C=O. The van der Waals surface area contributed by atoms with Crippen LogP contribution < -0.4 is 16.3 Å². The second-order valence-electron chi connectivity index (χ2n) is 24.7. The van der Waals surface area contributed by atoms with E-state index in [1.807, 2.05) is 66.7 Å². The van der Waals surface area contributed by atoms with E-state index in [0.717, 1.165) is 21.2 Å². The smallest absolute Gasteiger partial charge is 0.373 e. The molecule has 3 aromatic heterocycles. The molecular formula is C72H76BrClN12O13. The Morgan fingerprint density at radius 3 is 0.949 bits per heavy atom. The quantitative estimate of drug-likeness (QED) is 0.0441. The van der Waals surface area contributed by atoms with Crippen molar-refractivity contribution in [2.75, 3.05) is 0 Å². The van der Waals surface area contributed by atoms with Crippen LogP contribution in [-0.2, 0) is 66.2 Å². The summed E-state index contributed by atoms with van der Waals surface area (Å²) in [6.07, 6.45) is 0.750. The van der Waals surface area contributed by atoms with Crippen molar-refractivity contribution in [2.24, 2.45) is 36.4 Å². The number of phenolic OH excluding ortho intramolecular Hbond substituents is 1. The Bertz CT molecular complexity index is 4060. The Hall–Kier alpha value is -11.5. The lowest BCUT2D eigenvalue weighted by Crippen LogP contribution is -2.19. The summed E-state index contributed by atoms with van der Waals surface area (Å²) < 4.78 is 5.62. The Morgan fingerprint density at radius 1 is 0.424 bits per heavy atom. The third-order valence-electron chi connectivity index (χ3n) is 14.4. The number of hydrazone groups is 3. The van der Waals surface area contributed by atoms with E-state index in [0.29, 0.717) is 61.8 Å². The van der Waals surface area contributed by atoms with Crippen LogP contribution in [0, 0.1) is 0 Å². The highest BCUT2D eigenvalue weighted by atomic mass is 79.9. The predicted octanol–water partition coefficient (Wildman–Crippen LogP) is 12.1. The van der Waals surface area contributed by atoms with Gasteiger partial charge in [0.1, 0.15) is 22.8 Å². The molecule has 3 amide bonds. The predicted molar refractivity (Wildman–Crippen MR) is 375 cm³/mol. The Kier molecular flexibility index (Phi) is 29.1. The number of nitrogens with one attached hydrogen (secondary N) is 3. The number of phenols is 1. The van der Waals surface area contributed by atoms with Gasteiger partial charge in [-0.3, -0.25) is 28.4 Å². The number of amides is 3. The van der Waals surface area contributed by atoms with Gasteiger partial charge in [0.15, 0.2) is 34.3 Å². The second-order valence-corrected chi connectivity index (χ2v) is 26.1. The molecule has 0 saturated heterocycles. The van der Waals surface area contributed by atoms with E-state index in [2.05, 4.69) is 137 Å². The van der Waals surface area contributed by atoms with Crippen molar-refractivity contribution in [2.45, 2.75) is 99.3 Å². The summed E-state index contributed by atoms with van der Waals surface area (Å²) in [4.78, 5) is 85.5. The monoisotopic (exact) mass is 1430 g/mol. The molecular weight excluding hydrogens is 1360 g/mol. The highest BCUT2D eigenvalue weighted by Crippen LogP contribution is 2.37.